The van der Waals surface area contributed by atoms with E-state index in [2.05, 4.69) is 32.4 Å². The van der Waals surface area contributed by atoms with Crippen molar-refractivity contribution in [2.75, 3.05) is 11.9 Å². The van der Waals surface area contributed by atoms with Crippen molar-refractivity contribution in [3.63, 3.8) is 0 Å². The number of nitrogens with one attached hydrogen (secondary N) is 2. The zero-order chi connectivity index (χ0) is 25.9. The maximum atomic E-state index is 13.3. The van der Waals surface area contributed by atoms with E-state index in [4.69, 9.17) is 16.3 Å². The monoisotopic (exact) mass is 524 g/mol. The minimum absolute atomic E-state index is 0.0352. The first-order valence-electron chi connectivity index (χ1n) is 11.5. The third-order valence-corrected chi connectivity index (χ3v) is 6.04. The van der Waals surface area contributed by atoms with Gasteiger partial charge in [0.25, 0.3) is 0 Å². The molecule has 2 heterocycles. The van der Waals surface area contributed by atoms with Crippen LogP contribution in [0.15, 0.2) is 54.9 Å². The summed E-state index contributed by atoms with van der Waals surface area (Å²) in [6.45, 7) is 6.30. The highest BCUT2D eigenvalue weighted by atomic mass is 35.5. The summed E-state index contributed by atoms with van der Waals surface area (Å²) in [5.74, 6) is 6.77. The van der Waals surface area contributed by atoms with Crippen molar-refractivity contribution in [3.05, 3.63) is 76.1 Å². The van der Waals surface area contributed by atoms with Gasteiger partial charge >= 0.3 is 0 Å². The molecule has 2 aromatic carbocycles. The quantitative estimate of drug-likeness (QED) is 0.263. The van der Waals surface area contributed by atoms with Gasteiger partial charge in [-0.15, -0.1) is 11.3 Å². The molecule has 9 heteroatoms. The normalized spacial score (nSPS) is 10.0. The van der Waals surface area contributed by atoms with Crippen molar-refractivity contribution in [1.29, 1.82) is 0 Å². The molecule has 0 radical (unpaired) electrons. The van der Waals surface area contributed by atoms with Gasteiger partial charge in [-0.2, -0.15) is 0 Å². The van der Waals surface area contributed by atoms with Gasteiger partial charge in [0.2, 0.25) is 5.91 Å². The molecule has 4 aromatic rings. The predicted octanol–water partition coefficient (Wildman–Crippen LogP) is 6.71. The van der Waals surface area contributed by atoms with Gasteiger partial charge in [0.05, 0.1) is 26.7 Å². The van der Waals surface area contributed by atoms with Gasteiger partial charge in [0.15, 0.2) is 5.82 Å². The largest absolute Gasteiger partial charge is 0.487 e. The Morgan fingerprint density at radius 1 is 1.17 bits per heavy atom. The first kappa shape index (κ1) is 26.9. The Morgan fingerprint density at radius 2 is 2.00 bits per heavy atom. The van der Waals surface area contributed by atoms with Crippen LogP contribution in [0.25, 0.3) is 10.2 Å². The Balaban J connectivity index is 0.00000176. The summed E-state index contributed by atoms with van der Waals surface area (Å²) in [6.07, 6.45) is 1.91. The summed E-state index contributed by atoms with van der Waals surface area (Å²) in [6, 6.07) is 13.4. The molecule has 0 saturated heterocycles. The molecule has 2 N–H and O–H groups in total. The number of anilines is 2. The van der Waals surface area contributed by atoms with E-state index in [1.807, 2.05) is 26.0 Å². The van der Waals surface area contributed by atoms with Crippen molar-refractivity contribution in [3.8, 4) is 17.6 Å². The van der Waals surface area contributed by atoms with Gasteiger partial charge in [-0.25, -0.2) is 14.4 Å². The maximum Gasteiger partial charge on any atom is 0.220 e. The highest BCUT2D eigenvalue weighted by molar-refractivity contribution is 7.20. The topological polar surface area (TPSA) is 76.1 Å². The lowest BCUT2D eigenvalue weighted by Gasteiger charge is -2.11. The van der Waals surface area contributed by atoms with Crippen molar-refractivity contribution in [1.82, 2.24) is 15.3 Å². The van der Waals surface area contributed by atoms with Gasteiger partial charge in [0, 0.05) is 12.1 Å². The lowest BCUT2D eigenvalue weighted by Crippen LogP contribution is -2.22. The van der Waals surface area contributed by atoms with Crippen molar-refractivity contribution in [2.45, 2.75) is 33.8 Å². The van der Waals surface area contributed by atoms with E-state index in [0.29, 0.717) is 35.1 Å². The summed E-state index contributed by atoms with van der Waals surface area (Å²) < 4.78 is 19.9. The molecule has 0 aliphatic heterocycles. The number of benzene rings is 2. The van der Waals surface area contributed by atoms with E-state index in [9.17, 15) is 9.18 Å². The fourth-order valence-corrected chi connectivity index (χ4v) is 4.19. The molecule has 0 unspecified atom stereocenters. The number of carbonyl (C=O) groups excluding carboxylic acids is 1. The minimum Gasteiger partial charge on any atom is -0.487 e. The molecule has 6 nitrogen and oxygen atoms in total. The Labute approximate surface area is 218 Å². The maximum absolute atomic E-state index is 13.3. The molecule has 0 saturated carbocycles. The van der Waals surface area contributed by atoms with Gasteiger partial charge in [0.1, 0.15) is 24.5 Å². The Hall–Kier alpha value is -3.67. The van der Waals surface area contributed by atoms with Crippen LogP contribution >= 0.6 is 22.9 Å². The second-order valence-electron chi connectivity index (χ2n) is 7.17. The molecule has 2 aromatic heterocycles. The van der Waals surface area contributed by atoms with Crippen LogP contribution in [0.1, 0.15) is 37.6 Å². The summed E-state index contributed by atoms with van der Waals surface area (Å²) in [5, 5.41) is 6.40. The Bertz CT molecular complexity index is 1400. The third-order valence-electron chi connectivity index (χ3n) is 4.70. The fourth-order valence-electron chi connectivity index (χ4n) is 3.02. The van der Waals surface area contributed by atoms with E-state index < -0.39 is 0 Å². The minimum atomic E-state index is -0.311. The van der Waals surface area contributed by atoms with Crippen molar-refractivity contribution < 1.29 is 13.9 Å². The van der Waals surface area contributed by atoms with Crippen molar-refractivity contribution >= 4 is 50.6 Å². The summed E-state index contributed by atoms with van der Waals surface area (Å²) in [7, 11) is 0. The summed E-state index contributed by atoms with van der Waals surface area (Å²) in [5.41, 5.74) is 2.21. The van der Waals surface area contributed by atoms with Gasteiger partial charge in [-0.1, -0.05) is 56.3 Å². The van der Waals surface area contributed by atoms with Crippen molar-refractivity contribution in [2.24, 2.45) is 0 Å². The number of thiophene rings is 1. The average Bonchev–Trinajstić information content (AvgIpc) is 3.31. The predicted molar refractivity (Wildman–Crippen MR) is 144 cm³/mol. The van der Waals surface area contributed by atoms with Crippen LogP contribution < -0.4 is 15.4 Å². The fraction of sp³-hybridized carbons (Fsp3) is 0.222. The van der Waals surface area contributed by atoms with Crippen LogP contribution in [-0.4, -0.2) is 22.4 Å². The number of amides is 1. The second kappa shape index (κ2) is 13.4. The first-order valence-corrected chi connectivity index (χ1v) is 12.6. The lowest BCUT2D eigenvalue weighted by molar-refractivity contribution is -0.120. The summed E-state index contributed by atoms with van der Waals surface area (Å²) in [4.78, 5) is 20.8. The van der Waals surface area contributed by atoms with Gasteiger partial charge in [-0.3, -0.25) is 4.79 Å². The summed E-state index contributed by atoms with van der Waals surface area (Å²) >= 11 is 7.86. The highest BCUT2D eigenvalue weighted by Gasteiger charge is 2.10. The van der Waals surface area contributed by atoms with Crippen LogP contribution in [0.5, 0.6) is 5.75 Å². The molecule has 0 aliphatic carbocycles. The van der Waals surface area contributed by atoms with E-state index in [1.165, 1.54) is 29.8 Å². The Morgan fingerprint density at radius 3 is 2.75 bits per heavy atom. The van der Waals surface area contributed by atoms with Gasteiger partial charge < -0.3 is 15.4 Å². The number of carbonyl (C=O) groups is 1. The molecule has 0 fully saturated rings. The van der Waals surface area contributed by atoms with Crippen LogP contribution in [-0.2, 0) is 11.4 Å². The molecule has 4 rings (SSSR count). The third kappa shape index (κ3) is 7.41. The van der Waals surface area contributed by atoms with Gasteiger partial charge in [-0.05, 0) is 42.0 Å². The molecular formula is C27H26ClFN4O2S. The molecule has 36 heavy (non-hydrogen) atoms. The number of rotatable bonds is 7. The molecule has 186 valence electrons. The number of halogens is 2. The first-order chi connectivity index (χ1) is 17.5. The lowest BCUT2D eigenvalue weighted by atomic mass is 10.2. The molecule has 0 spiro atoms. The van der Waals surface area contributed by atoms with Crippen LogP contribution in [0, 0.1) is 17.7 Å². The smallest absolute Gasteiger partial charge is 0.220 e. The zero-order valence-electron chi connectivity index (χ0n) is 20.2. The number of fused-ring (bicyclic) bond motifs is 1. The molecule has 0 atom stereocenters. The molecule has 0 bridgehead atoms. The second-order valence-corrected chi connectivity index (χ2v) is 8.63. The number of aromatic nitrogens is 2. The zero-order valence-corrected chi connectivity index (χ0v) is 21.8. The SMILES string of the molecule is CC.CCC(=O)NCC#Cc1cc2ncnc(Nc3ccc(OCc4cccc(F)c4)c(Cl)c3)c2s1. The van der Waals surface area contributed by atoms with E-state index in [-0.39, 0.29) is 18.3 Å². The number of ether oxygens (including phenoxy) is 1. The molecule has 1 amide bonds. The van der Waals surface area contributed by atoms with E-state index in [0.717, 1.165) is 20.8 Å². The number of nitrogens with zero attached hydrogens (tertiary/aromatic N) is 2. The standard InChI is InChI=1S/C25H20ClFN4O2S.C2H6/c1-2-23(32)28-10-4-7-19-13-21-24(34-19)25(30-15-29-21)31-18-8-9-22(20(26)12-18)33-14-16-5-3-6-17(27)11-16;1-2/h3,5-6,8-9,11-13,15H,2,10,14H2,1H3,(H,28,32)(H,29,30,31);1-2H3. The van der Waals surface area contributed by atoms with Crippen LogP contribution in [0.4, 0.5) is 15.9 Å². The van der Waals surface area contributed by atoms with E-state index in [1.54, 1.807) is 31.2 Å². The molecule has 0 aliphatic rings. The average molecular weight is 525 g/mol. The van der Waals surface area contributed by atoms with Crippen LogP contribution in [0.3, 0.4) is 0 Å². The number of hydrogen-bond donors (Lipinski definition) is 2. The Kier molecular flexibility index (Phi) is 10.0. The number of hydrogen-bond acceptors (Lipinski definition) is 6. The van der Waals surface area contributed by atoms with Crippen LogP contribution in [0.2, 0.25) is 5.02 Å². The highest BCUT2D eigenvalue weighted by Crippen LogP contribution is 2.33. The van der Waals surface area contributed by atoms with E-state index >= 15 is 0 Å². The molecular weight excluding hydrogens is 499 g/mol.